The van der Waals surface area contributed by atoms with Gasteiger partial charge in [0, 0.05) is 38.6 Å². The van der Waals surface area contributed by atoms with E-state index in [1.165, 1.54) is 0 Å². The first-order valence-corrected chi connectivity index (χ1v) is 7.04. The van der Waals surface area contributed by atoms with Crippen molar-refractivity contribution in [3.8, 4) is 0 Å². The van der Waals surface area contributed by atoms with Crippen molar-refractivity contribution in [2.45, 2.75) is 32.6 Å². The van der Waals surface area contributed by atoms with Crippen molar-refractivity contribution in [1.29, 1.82) is 0 Å². The molecule has 0 radical (unpaired) electrons. The topological polar surface area (TPSA) is 52.7 Å². The van der Waals surface area contributed by atoms with Crippen LogP contribution in [0.4, 0.5) is 4.79 Å². The smallest absolute Gasteiger partial charge is 0.317 e. The van der Waals surface area contributed by atoms with Crippen LogP contribution in [0.1, 0.15) is 32.6 Å². The first-order valence-electron chi connectivity index (χ1n) is 7.04. The number of amides is 3. The number of hydrogen-bond acceptors (Lipinski definition) is 2. The van der Waals surface area contributed by atoms with Gasteiger partial charge in [0.2, 0.25) is 5.91 Å². The third-order valence-electron chi connectivity index (χ3n) is 3.55. The van der Waals surface area contributed by atoms with Crippen LogP contribution in [-0.4, -0.2) is 54.5 Å². The quantitative estimate of drug-likeness (QED) is 0.817. The lowest BCUT2D eigenvalue weighted by Gasteiger charge is -2.22. The Labute approximate surface area is 108 Å². The van der Waals surface area contributed by atoms with E-state index in [4.69, 9.17) is 0 Å². The third kappa shape index (κ3) is 3.37. The summed E-state index contributed by atoms with van der Waals surface area (Å²) < 4.78 is 0. The minimum atomic E-state index is 0.0116. The average Bonchev–Trinajstić information content (AvgIpc) is 3.20. The second kappa shape index (κ2) is 6.07. The highest BCUT2D eigenvalue weighted by molar-refractivity contribution is 5.81. The highest BCUT2D eigenvalue weighted by Gasteiger charge is 2.34. The molecule has 0 aromatic heterocycles. The number of nitrogens with zero attached hydrogens (tertiary/aromatic N) is 2. The Morgan fingerprint density at radius 2 is 1.78 bits per heavy atom. The molecule has 18 heavy (non-hydrogen) atoms. The lowest BCUT2D eigenvalue weighted by molar-refractivity contribution is -0.132. The van der Waals surface area contributed by atoms with Crippen LogP contribution < -0.4 is 5.32 Å². The largest absolute Gasteiger partial charge is 0.341 e. The number of hydrogen-bond donors (Lipinski definition) is 1. The van der Waals surface area contributed by atoms with Gasteiger partial charge in [-0.25, -0.2) is 4.79 Å². The number of carbonyl (C=O) groups is 2. The molecule has 1 heterocycles. The Kier molecular flexibility index (Phi) is 4.44. The first-order chi connectivity index (χ1) is 8.72. The normalized spacial score (nSPS) is 20.5. The van der Waals surface area contributed by atoms with Crippen LogP contribution in [0.3, 0.4) is 0 Å². The van der Waals surface area contributed by atoms with Crippen LogP contribution in [0.2, 0.25) is 0 Å². The zero-order valence-electron chi connectivity index (χ0n) is 11.2. The van der Waals surface area contributed by atoms with Crippen molar-refractivity contribution in [2.75, 3.05) is 32.7 Å². The summed E-state index contributed by atoms with van der Waals surface area (Å²) >= 11 is 0. The summed E-state index contributed by atoms with van der Waals surface area (Å²) in [6, 6.07) is 0.0116. The molecule has 0 bridgehead atoms. The highest BCUT2D eigenvalue weighted by atomic mass is 16.2. The van der Waals surface area contributed by atoms with E-state index < -0.39 is 0 Å². The fraction of sp³-hybridized carbons (Fsp3) is 0.846. The van der Waals surface area contributed by atoms with E-state index in [1.807, 2.05) is 16.7 Å². The van der Waals surface area contributed by atoms with Crippen LogP contribution >= 0.6 is 0 Å². The predicted octanol–water partition coefficient (Wildman–Crippen LogP) is 1.05. The molecular formula is C13H23N3O2. The van der Waals surface area contributed by atoms with E-state index in [0.717, 1.165) is 45.3 Å². The van der Waals surface area contributed by atoms with Crippen molar-refractivity contribution < 1.29 is 9.59 Å². The van der Waals surface area contributed by atoms with Gasteiger partial charge in [-0.3, -0.25) is 4.79 Å². The number of carbonyl (C=O) groups excluding carboxylic acids is 2. The summed E-state index contributed by atoms with van der Waals surface area (Å²) in [5.41, 5.74) is 0. The summed E-state index contributed by atoms with van der Waals surface area (Å²) in [7, 11) is 0. The molecule has 0 aromatic rings. The predicted molar refractivity (Wildman–Crippen MR) is 69.2 cm³/mol. The van der Waals surface area contributed by atoms with Gasteiger partial charge in [-0.2, -0.15) is 0 Å². The molecule has 0 spiro atoms. The van der Waals surface area contributed by atoms with Gasteiger partial charge < -0.3 is 15.1 Å². The van der Waals surface area contributed by atoms with Gasteiger partial charge >= 0.3 is 6.03 Å². The molecule has 0 aromatic carbocycles. The van der Waals surface area contributed by atoms with Crippen LogP contribution in [0.25, 0.3) is 0 Å². The van der Waals surface area contributed by atoms with Gasteiger partial charge in [0.15, 0.2) is 0 Å². The molecule has 1 N–H and O–H groups in total. The Hall–Kier alpha value is -1.26. The summed E-state index contributed by atoms with van der Waals surface area (Å²) in [5.74, 6) is 0.580. The van der Waals surface area contributed by atoms with Gasteiger partial charge in [0.1, 0.15) is 0 Å². The maximum absolute atomic E-state index is 12.0. The third-order valence-corrected chi connectivity index (χ3v) is 3.55. The zero-order chi connectivity index (χ0) is 13.0. The Morgan fingerprint density at radius 1 is 1.11 bits per heavy atom. The summed E-state index contributed by atoms with van der Waals surface area (Å²) in [5, 5.41) is 2.89. The summed E-state index contributed by atoms with van der Waals surface area (Å²) in [6.45, 7) is 5.67. The molecule has 2 aliphatic rings. The van der Waals surface area contributed by atoms with Gasteiger partial charge in [-0.05, 0) is 25.7 Å². The van der Waals surface area contributed by atoms with Gasteiger partial charge in [0.05, 0.1) is 0 Å². The molecule has 1 saturated heterocycles. The zero-order valence-corrected chi connectivity index (χ0v) is 11.2. The van der Waals surface area contributed by atoms with Crippen molar-refractivity contribution in [2.24, 2.45) is 5.92 Å². The van der Waals surface area contributed by atoms with Crippen LogP contribution in [0.5, 0.6) is 0 Å². The molecule has 1 aliphatic heterocycles. The standard InChI is InChI=1S/C13H23N3O2/c1-2-6-14-13(18)16-8-3-7-15(9-10-16)12(17)11-4-5-11/h11H,2-10H2,1H3,(H,14,18). The van der Waals surface area contributed by atoms with Crippen molar-refractivity contribution >= 4 is 11.9 Å². The van der Waals surface area contributed by atoms with E-state index in [-0.39, 0.29) is 11.9 Å². The molecule has 2 rings (SSSR count). The van der Waals surface area contributed by atoms with E-state index in [9.17, 15) is 9.59 Å². The highest BCUT2D eigenvalue weighted by Crippen LogP contribution is 2.31. The number of nitrogens with one attached hydrogen (secondary N) is 1. The average molecular weight is 253 g/mol. The molecule has 0 atom stereocenters. The van der Waals surface area contributed by atoms with Gasteiger partial charge in [0.25, 0.3) is 0 Å². The van der Waals surface area contributed by atoms with Crippen LogP contribution in [0, 0.1) is 5.92 Å². The summed E-state index contributed by atoms with van der Waals surface area (Å²) in [6.07, 6.45) is 3.94. The first kappa shape index (κ1) is 13.2. The van der Waals surface area contributed by atoms with Gasteiger partial charge in [-0.15, -0.1) is 0 Å². The molecule has 1 saturated carbocycles. The maximum atomic E-state index is 12.0. The van der Waals surface area contributed by atoms with Crippen LogP contribution in [-0.2, 0) is 4.79 Å². The minimum Gasteiger partial charge on any atom is -0.341 e. The molecule has 0 unspecified atom stereocenters. The fourth-order valence-corrected chi connectivity index (χ4v) is 2.27. The molecule has 102 valence electrons. The SMILES string of the molecule is CCCNC(=O)N1CCCN(C(=O)C2CC2)CC1. The molecular weight excluding hydrogens is 230 g/mol. The molecule has 5 heteroatoms. The van der Waals surface area contributed by atoms with E-state index in [0.29, 0.717) is 19.0 Å². The lowest BCUT2D eigenvalue weighted by atomic mass is 10.3. The Balaban J connectivity index is 1.80. The maximum Gasteiger partial charge on any atom is 0.317 e. The second-order valence-corrected chi connectivity index (χ2v) is 5.17. The Bertz CT molecular complexity index is 315. The molecule has 1 aliphatic carbocycles. The summed E-state index contributed by atoms with van der Waals surface area (Å²) in [4.78, 5) is 27.6. The molecule has 2 fully saturated rings. The Morgan fingerprint density at radius 3 is 2.44 bits per heavy atom. The molecule has 5 nitrogen and oxygen atoms in total. The van der Waals surface area contributed by atoms with E-state index >= 15 is 0 Å². The fourth-order valence-electron chi connectivity index (χ4n) is 2.27. The monoisotopic (exact) mass is 253 g/mol. The number of urea groups is 1. The van der Waals surface area contributed by atoms with Crippen molar-refractivity contribution in [1.82, 2.24) is 15.1 Å². The van der Waals surface area contributed by atoms with E-state index in [1.54, 1.807) is 0 Å². The lowest BCUT2D eigenvalue weighted by Crippen LogP contribution is -2.43. The number of rotatable bonds is 3. The van der Waals surface area contributed by atoms with E-state index in [2.05, 4.69) is 5.32 Å². The second-order valence-electron chi connectivity index (χ2n) is 5.17. The van der Waals surface area contributed by atoms with Crippen molar-refractivity contribution in [3.63, 3.8) is 0 Å². The van der Waals surface area contributed by atoms with Crippen LogP contribution in [0.15, 0.2) is 0 Å². The molecule has 3 amide bonds. The van der Waals surface area contributed by atoms with Gasteiger partial charge in [-0.1, -0.05) is 6.92 Å². The van der Waals surface area contributed by atoms with Crippen molar-refractivity contribution in [3.05, 3.63) is 0 Å². The minimum absolute atomic E-state index is 0.0116.